The topological polar surface area (TPSA) is 67.2 Å². The highest BCUT2D eigenvalue weighted by atomic mass is 32.2. The Hall–Kier alpha value is -2.28. The van der Waals surface area contributed by atoms with Crippen LogP contribution in [0.1, 0.15) is 41.4 Å². The highest BCUT2D eigenvalue weighted by Gasteiger charge is 2.27. The molecular weight excluding hydrogens is 360 g/mol. The zero-order chi connectivity index (χ0) is 18.6. The van der Waals surface area contributed by atoms with E-state index < -0.39 is 0 Å². The minimum Gasteiger partial charge on any atom is -0.351 e. The Balaban J connectivity index is 1.32. The molecule has 3 heterocycles. The first kappa shape index (κ1) is 18.1. The molecule has 0 radical (unpaired) electrons. The van der Waals surface area contributed by atoms with Gasteiger partial charge in [0.05, 0.1) is 11.4 Å². The Labute approximate surface area is 163 Å². The van der Waals surface area contributed by atoms with Crippen LogP contribution in [0.25, 0.3) is 0 Å². The van der Waals surface area contributed by atoms with Crippen LogP contribution in [0.3, 0.4) is 0 Å². The van der Waals surface area contributed by atoms with E-state index in [4.69, 9.17) is 0 Å². The van der Waals surface area contributed by atoms with Crippen LogP contribution in [0.2, 0.25) is 0 Å². The molecule has 0 bridgehead atoms. The molecule has 0 spiro atoms. The predicted octanol–water partition coefficient (Wildman–Crippen LogP) is 2.51. The third-order valence-corrected chi connectivity index (χ3v) is 6.23. The van der Waals surface area contributed by atoms with Gasteiger partial charge in [-0.15, -0.1) is 11.8 Å². The number of piperidine rings is 1. The first-order chi connectivity index (χ1) is 13.2. The summed E-state index contributed by atoms with van der Waals surface area (Å²) in [5, 5.41) is 7.59. The molecule has 4 rings (SSSR count). The lowest BCUT2D eigenvalue weighted by Crippen LogP contribution is -2.39. The Kier molecular flexibility index (Phi) is 5.48. The normalized spacial score (nSPS) is 17.9. The lowest BCUT2D eigenvalue weighted by Gasteiger charge is -2.31. The molecule has 27 heavy (non-hydrogen) atoms. The molecule has 2 amide bonds. The van der Waals surface area contributed by atoms with Crippen LogP contribution in [-0.4, -0.2) is 51.9 Å². The van der Waals surface area contributed by atoms with Crippen molar-refractivity contribution in [3.63, 3.8) is 0 Å². The largest absolute Gasteiger partial charge is 0.351 e. The molecule has 1 aromatic heterocycles. The van der Waals surface area contributed by atoms with E-state index in [1.165, 1.54) is 0 Å². The number of thioether (sulfide) groups is 1. The van der Waals surface area contributed by atoms with Crippen molar-refractivity contribution in [3.05, 3.63) is 47.8 Å². The van der Waals surface area contributed by atoms with Crippen molar-refractivity contribution in [1.82, 2.24) is 20.0 Å². The van der Waals surface area contributed by atoms with Gasteiger partial charge < -0.3 is 10.2 Å². The summed E-state index contributed by atoms with van der Waals surface area (Å²) in [4.78, 5) is 27.7. The maximum Gasteiger partial charge on any atom is 0.269 e. The summed E-state index contributed by atoms with van der Waals surface area (Å²) in [6, 6.07) is 12.0. The van der Waals surface area contributed by atoms with Gasteiger partial charge in [0, 0.05) is 37.0 Å². The number of aromatic nitrogens is 2. The molecule has 2 aliphatic rings. The van der Waals surface area contributed by atoms with Gasteiger partial charge in [0.2, 0.25) is 5.91 Å². The van der Waals surface area contributed by atoms with E-state index >= 15 is 0 Å². The molecule has 0 saturated carbocycles. The summed E-state index contributed by atoms with van der Waals surface area (Å²) in [6.45, 7) is 3.00. The fraction of sp³-hybridized carbons (Fsp3) is 0.450. The van der Waals surface area contributed by atoms with Crippen LogP contribution < -0.4 is 5.32 Å². The number of carbonyl (C=O) groups excluding carboxylic acids is 2. The highest BCUT2D eigenvalue weighted by Crippen LogP contribution is 2.29. The van der Waals surface area contributed by atoms with E-state index in [9.17, 15) is 9.59 Å². The lowest BCUT2D eigenvalue weighted by atomic mass is 9.93. The van der Waals surface area contributed by atoms with Crippen molar-refractivity contribution in [2.24, 2.45) is 0 Å². The van der Waals surface area contributed by atoms with Crippen LogP contribution in [0, 0.1) is 0 Å². The second-order valence-electron chi connectivity index (χ2n) is 7.04. The average Bonchev–Trinajstić information content (AvgIpc) is 3.07. The molecule has 1 fully saturated rings. The van der Waals surface area contributed by atoms with E-state index in [1.807, 2.05) is 46.0 Å². The summed E-state index contributed by atoms with van der Waals surface area (Å²) < 4.78 is 1.84. The summed E-state index contributed by atoms with van der Waals surface area (Å²) in [5.41, 5.74) is 1.66. The number of nitrogens with one attached hydrogen (secondary N) is 1. The molecule has 2 aliphatic heterocycles. The molecule has 6 nitrogen and oxygen atoms in total. The van der Waals surface area contributed by atoms with Crippen molar-refractivity contribution < 1.29 is 9.59 Å². The number of hydrogen-bond donors (Lipinski definition) is 1. The predicted molar refractivity (Wildman–Crippen MR) is 105 cm³/mol. The molecule has 1 N–H and O–H groups in total. The quantitative estimate of drug-likeness (QED) is 0.823. The summed E-state index contributed by atoms with van der Waals surface area (Å²) >= 11 is 1.59. The molecular formula is C20H24N4O2S. The van der Waals surface area contributed by atoms with Gasteiger partial charge in [-0.05, 0) is 37.5 Å². The fourth-order valence-electron chi connectivity index (χ4n) is 3.69. The average molecular weight is 385 g/mol. The van der Waals surface area contributed by atoms with Gasteiger partial charge in [-0.2, -0.15) is 5.10 Å². The number of likely N-dealkylation sites (tertiary alicyclic amines) is 1. The zero-order valence-corrected chi connectivity index (χ0v) is 16.1. The second-order valence-corrected chi connectivity index (χ2v) is 8.09. The molecule has 1 aromatic carbocycles. The van der Waals surface area contributed by atoms with Crippen LogP contribution in [-0.2, 0) is 11.3 Å². The number of aryl methyl sites for hydroxylation is 1. The van der Waals surface area contributed by atoms with E-state index in [1.54, 1.807) is 11.8 Å². The number of benzene rings is 1. The number of rotatable bonds is 4. The van der Waals surface area contributed by atoms with Gasteiger partial charge in [-0.3, -0.25) is 14.3 Å². The Morgan fingerprint density at radius 3 is 2.74 bits per heavy atom. The van der Waals surface area contributed by atoms with Gasteiger partial charge in [-0.1, -0.05) is 18.2 Å². The standard InChI is InChI=1S/C20H24N4O2S/c25-19(14-27-16-5-2-1-3-6-16)23-11-7-15(8-12-23)17-13-18-20(26)21-9-4-10-24(18)22-17/h1-3,5-6,13,15H,4,7-12,14H2,(H,21,26). The van der Waals surface area contributed by atoms with Crippen molar-refractivity contribution in [2.75, 3.05) is 25.4 Å². The number of nitrogens with zero attached hydrogens (tertiary/aromatic N) is 3. The second kappa shape index (κ2) is 8.17. The SMILES string of the molecule is O=C1NCCCn2nc(C3CCN(C(=O)CSc4ccccc4)CC3)cc21. The third kappa shape index (κ3) is 4.18. The smallest absolute Gasteiger partial charge is 0.269 e. The number of carbonyl (C=O) groups is 2. The van der Waals surface area contributed by atoms with Gasteiger partial charge in [0.15, 0.2) is 0 Å². The van der Waals surface area contributed by atoms with Crippen molar-refractivity contribution >= 4 is 23.6 Å². The molecule has 0 aliphatic carbocycles. The van der Waals surface area contributed by atoms with E-state index in [2.05, 4.69) is 10.4 Å². The fourth-order valence-corrected chi connectivity index (χ4v) is 4.51. The summed E-state index contributed by atoms with van der Waals surface area (Å²) in [5.74, 6) is 0.968. The van der Waals surface area contributed by atoms with Crippen molar-refractivity contribution in [2.45, 2.75) is 36.6 Å². The Bertz CT molecular complexity index is 813. The van der Waals surface area contributed by atoms with Gasteiger partial charge in [0.25, 0.3) is 5.91 Å². The van der Waals surface area contributed by atoms with Crippen LogP contribution in [0.15, 0.2) is 41.3 Å². The number of fused-ring (bicyclic) bond motifs is 1. The van der Waals surface area contributed by atoms with Crippen molar-refractivity contribution in [3.8, 4) is 0 Å². The van der Waals surface area contributed by atoms with Crippen LogP contribution in [0.4, 0.5) is 0 Å². The molecule has 7 heteroatoms. The van der Waals surface area contributed by atoms with E-state index in [-0.39, 0.29) is 11.8 Å². The van der Waals surface area contributed by atoms with E-state index in [0.29, 0.717) is 23.9 Å². The number of hydrogen-bond acceptors (Lipinski definition) is 4. The minimum absolute atomic E-state index is 0.0307. The molecule has 0 atom stereocenters. The lowest BCUT2D eigenvalue weighted by molar-refractivity contribution is -0.129. The van der Waals surface area contributed by atoms with E-state index in [0.717, 1.165) is 49.5 Å². The molecule has 0 unspecified atom stereocenters. The third-order valence-electron chi connectivity index (χ3n) is 5.24. The minimum atomic E-state index is -0.0307. The molecule has 2 aromatic rings. The summed E-state index contributed by atoms with van der Waals surface area (Å²) in [7, 11) is 0. The summed E-state index contributed by atoms with van der Waals surface area (Å²) in [6.07, 6.45) is 2.71. The highest BCUT2D eigenvalue weighted by molar-refractivity contribution is 8.00. The van der Waals surface area contributed by atoms with Gasteiger partial charge in [0.1, 0.15) is 5.69 Å². The van der Waals surface area contributed by atoms with Crippen LogP contribution in [0.5, 0.6) is 0 Å². The van der Waals surface area contributed by atoms with Gasteiger partial charge in [-0.25, -0.2) is 0 Å². The maximum atomic E-state index is 12.5. The zero-order valence-electron chi connectivity index (χ0n) is 15.3. The Morgan fingerprint density at radius 1 is 1.19 bits per heavy atom. The maximum absolute atomic E-state index is 12.5. The van der Waals surface area contributed by atoms with Gasteiger partial charge >= 0.3 is 0 Å². The first-order valence-corrected chi connectivity index (χ1v) is 10.5. The first-order valence-electron chi connectivity index (χ1n) is 9.52. The Morgan fingerprint density at radius 2 is 1.96 bits per heavy atom. The van der Waals surface area contributed by atoms with Crippen molar-refractivity contribution in [1.29, 1.82) is 0 Å². The number of amides is 2. The molecule has 1 saturated heterocycles. The molecule has 142 valence electrons. The monoisotopic (exact) mass is 384 g/mol. The van der Waals surface area contributed by atoms with Crippen LogP contribution >= 0.6 is 11.8 Å².